The molecule has 0 aliphatic carbocycles. The molecule has 6 heteroatoms. The number of amides is 1. The van der Waals surface area contributed by atoms with Crippen LogP contribution in [0.1, 0.15) is 25.2 Å². The number of aliphatic imine (C=N–C) groups is 1. The van der Waals surface area contributed by atoms with Gasteiger partial charge in [-0.25, -0.2) is 4.99 Å². The summed E-state index contributed by atoms with van der Waals surface area (Å²) in [7, 11) is 0. The Bertz CT molecular complexity index is 1090. The summed E-state index contributed by atoms with van der Waals surface area (Å²) in [6.45, 7) is 6.39. The minimum absolute atomic E-state index is 0.0654. The molecule has 31 heavy (non-hydrogen) atoms. The highest BCUT2D eigenvalue weighted by atomic mass is 32.2. The zero-order valence-corrected chi connectivity index (χ0v) is 18.5. The van der Waals surface area contributed by atoms with E-state index in [1.807, 2.05) is 78.9 Å². The summed E-state index contributed by atoms with van der Waals surface area (Å²) < 4.78 is 5.97. The van der Waals surface area contributed by atoms with Crippen molar-refractivity contribution in [2.24, 2.45) is 4.99 Å². The van der Waals surface area contributed by atoms with Crippen molar-refractivity contribution >= 4 is 40.5 Å². The van der Waals surface area contributed by atoms with Crippen LogP contribution in [0.5, 0.6) is 0 Å². The number of nitrogens with zero attached hydrogens (tertiary/aromatic N) is 3. The number of rotatable bonds is 7. The quantitative estimate of drug-likeness (QED) is 0.435. The number of carbonyl (C=O) groups is 1. The van der Waals surface area contributed by atoms with Gasteiger partial charge in [-0.3, -0.25) is 9.69 Å². The summed E-state index contributed by atoms with van der Waals surface area (Å²) in [6.07, 6.45) is 1.81. The Morgan fingerprint density at radius 2 is 1.65 bits per heavy atom. The first-order valence-corrected chi connectivity index (χ1v) is 11.2. The van der Waals surface area contributed by atoms with E-state index >= 15 is 0 Å². The predicted molar refractivity (Wildman–Crippen MR) is 128 cm³/mol. The van der Waals surface area contributed by atoms with Crippen LogP contribution in [-0.4, -0.2) is 29.1 Å². The third-order valence-corrected chi connectivity index (χ3v) is 6.02. The summed E-state index contributed by atoms with van der Waals surface area (Å²) in [5.74, 6) is 1.41. The first-order chi connectivity index (χ1) is 15.2. The van der Waals surface area contributed by atoms with Crippen molar-refractivity contribution in [3.8, 4) is 0 Å². The zero-order valence-electron chi connectivity index (χ0n) is 17.7. The van der Waals surface area contributed by atoms with E-state index in [0.29, 0.717) is 22.4 Å². The van der Waals surface area contributed by atoms with Crippen molar-refractivity contribution in [1.82, 2.24) is 4.90 Å². The second kappa shape index (κ2) is 9.71. The lowest BCUT2D eigenvalue weighted by Gasteiger charge is -2.16. The Hall–Kier alpha value is -3.25. The number of furan rings is 1. The molecule has 4 rings (SSSR count). The van der Waals surface area contributed by atoms with Crippen molar-refractivity contribution in [3.63, 3.8) is 0 Å². The molecule has 5 nitrogen and oxygen atoms in total. The molecule has 0 unspecified atom stereocenters. The monoisotopic (exact) mass is 431 g/mol. The number of para-hydroxylation sites is 1. The molecule has 0 bridgehead atoms. The number of hydrogen-bond acceptors (Lipinski definition) is 5. The van der Waals surface area contributed by atoms with Crippen molar-refractivity contribution < 1.29 is 9.21 Å². The molecule has 158 valence electrons. The number of carbonyl (C=O) groups excluding carboxylic acids is 1. The summed E-state index contributed by atoms with van der Waals surface area (Å²) in [5, 5.41) is 0.668. The fourth-order valence-electron chi connectivity index (χ4n) is 3.36. The number of anilines is 1. The number of amidine groups is 1. The van der Waals surface area contributed by atoms with E-state index in [9.17, 15) is 4.79 Å². The van der Waals surface area contributed by atoms with E-state index in [1.54, 1.807) is 4.90 Å². The van der Waals surface area contributed by atoms with Crippen molar-refractivity contribution in [3.05, 3.63) is 89.0 Å². The summed E-state index contributed by atoms with van der Waals surface area (Å²) in [6, 6.07) is 23.5. The Labute approximate surface area is 187 Å². The van der Waals surface area contributed by atoms with E-state index < -0.39 is 0 Å². The molecule has 0 atom stereocenters. The highest BCUT2D eigenvalue weighted by molar-refractivity contribution is 8.18. The van der Waals surface area contributed by atoms with Gasteiger partial charge in [0.25, 0.3) is 5.91 Å². The van der Waals surface area contributed by atoms with Crippen molar-refractivity contribution in [2.45, 2.75) is 20.4 Å². The molecular weight excluding hydrogens is 406 g/mol. The van der Waals surface area contributed by atoms with E-state index in [-0.39, 0.29) is 5.91 Å². The number of benzene rings is 2. The van der Waals surface area contributed by atoms with Gasteiger partial charge < -0.3 is 9.32 Å². The highest BCUT2D eigenvalue weighted by Crippen LogP contribution is 2.35. The Morgan fingerprint density at radius 1 is 0.968 bits per heavy atom. The SMILES string of the molecule is CCN(CC)c1ccc(/C=C2\SC(=Nc3ccccc3)N(Cc3ccccc3)C2=O)o1. The molecule has 3 aromatic rings. The second-order valence-corrected chi connectivity index (χ2v) is 8.07. The molecule has 2 heterocycles. The molecule has 0 saturated carbocycles. The molecule has 1 aliphatic rings. The number of thioether (sulfide) groups is 1. The zero-order chi connectivity index (χ0) is 21.6. The largest absolute Gasteiger partial charge is 0.441 e. The van der Waals surface area contributed by atoms with Gasteiger partial charge in [0.1, 0.15) is 5.76 Å². The number of hydrogen-bond donors (Lipinski definition) is 0. The van der Waals surface area contributed by atoms with E-state index in [4.69, 9.17) is 9.41 Å². The summed E-state index contributed by atoms with van der Waals surface area (Å²) in [4.78, 5) is 22.5. The molecule has 1 amide bonds. The molecule has 1 saturated heterocycles. The lowest BCUT2D eigenvalue weighted by Crippen LogP contribution is -2.28. The average molecular weight is 432 g/mol. The normalized spacial score (nSPS) is 16.5. The maximum atomic E-state index is 13.3. The van der Waals surface area contributed by atoms with Gasteiger partial charge in [0.15, 0.2) is 11.1 Å². The lowest BCUT2D eigenvalue weighted by molar-refractivity contribution is -0.122. The maximum Gasteiger partial charge on any atom is 0.267 e. The molecule has 0 N–H and O–H groups in total. The van der Waals surface area contributed by atoms with Crippen LogP contribution >= 0.6 is 11.8 Å². The summed E-state index contributed by atoms with van der Waals surface area (Å²) in [5.41, 5.74) is 1.87. The van der Waals surface area contributed by atoms with Gasteiger partial charge in [0, 0.05) is 25.2 Å². The Morgan fingerprint density at radius 3 is 2.32 bits per heavy atom. The lowest BCUT2D eigenvalue weighted by atomic mass is 10.2. The van der Waals surface area contributed by atoms with Gasteiger partial charge in [0.05, 0.1) is 17.1 Å². The van der Waals surface area contributed by atoms with Gasteiger partial charge in [-0.2, -0.15) is 0 Å². The van der Waals surface area contributed by atoms with Crippen LogP contribution in [-0.2, 0) is 11.3 Å². The summed E-state index contributed by atoms with van der Waals surface area (Å²) >= 11 is 1.38. The van der Waals surface area contributed by atoms with Crippen LogP contribution < -0.4 is 4.90 Å². The molecular formula is C25H25N3O2S. The fourth-order valence-corrected chi connectivity index (χ4v) is 4.34. The van der Waals surface area contributed by atoms with Gasteiger partial charge >= 0.3 is 0 Å². The molecule has 2 aromatic carbocycles. The molecule has 0 spiro atoms. The molecule has 1 aliphatic heterocycles. The van der Waals surface area contributed by atoms with Crippen LogP contribution in [0.2, 0.25) is 0 Å². The van der Waals surface area contributed by atoms with Crippen LogP contribution in [0.3, 0.4) is 0 Å². The minimum atomic E-state index is -0.0654. The third kappa shape index (κ3) is 4.91. The Balaban J connectivity index is 1.65. The van der Waals surface area contributed by atoms with Crippen molar-refractivity contribution in [2.75, 3.05) is 18.0 Å². The first-order valence-electron chi connectivity index (χ1n) is 10.4. The highest BCUT2D eigenvalue weighted by Gasteiger charge is 2.33. The van der Waals surface area contributed by atoms with Gasteiger partial charge in [0.2, 0.25) is 0 Å². The predicted octanol–water partition coefficient (Wildman–Crippen LogP) is 5.93. The van der Waals surface area contributed by atoms with Gasteiger partial charge in [-0.1, -0.05) is 48.5 Å². The molecule has 1 fully saturated rings. The maximum absolute atomic E-state index is 13.3. The average Bonchev–Trinajstić information content (AvgIpc) is 3.37. The Kier molecular flexibility index (Phi) is 6.57. The van der Waals surface area contributed by atoms with Gasteiger partial charge in [-0.05, 0) is 49.4 Å². The second-order valence-electron chi connectivity index (χ2n) is 7.07. The first kappa shape index (κ1) is 21.0. The standard InChI is InChI=1S/C25H25N3O2S/c1-3-27(4-2)23-16-15-21(30-23)17-22-24(29)28(18-19-11-7-5-8-12-19)25(31-22)26-20-13-9-6-10-14-20/h5-17H,3-4,18H2,1-2H3/b22-17-,26-25?. The van der Waals surface area contributed by atoms with Crippen LogP contribution in [0.15, 0.2) is 87.1 Å². The van der Waals surface area contributed by atoms with Crippen molar-refractivity contribution in [1.29, 1.82) is 0 Å². The minimum Gasteiger partial charge on any atom is -0.441 e. The van der Waals surface area contributed by atoms with Crippen LogP contribution in [0.4, 0.5) is 11.6 Å². The topological polar surface area (TPSA) is 49.0 Å². The van der Waals surface area contributed by atoms with Crippen LogP contribution in [0.25, 0.3) is 6.08 Å². The van der Waals surface area contributed by atoms with Gasteiger partial charge in [-0.15, -0.1) is 0 Å². The van der Waals surface area contributed by atoms with E-state index in [1.165, 1.54) is 11.8 Å². The smallest absolute Gasteiger partial charge is 0.267 e. The van der Waals surface area contributed by atoms with Crippen LogP contribution in [0, 0.1) is 0 Å². The molecule has 1 aromatic heterocycles. The third-order valence-electron chi connectivity index (χ3n) is 5.01. The molecule has 0 radical (unpaired) electrons. The van der Waals surface area contributed by atoms with E-state index in [2.05, 4.69) is 18.7 Å². The van der Waals surface area contributed by atoms with E-state index in [0.717, 1.165) is 30.2 Å². The fraction of sp³-hybridized carbons (Fsp3) is 0.200.